The zero-order chi connectivity index (χ0) is 36.6. The van der Waals surface area contributed by atoms with E-state index < -0.39 is 12.2 Å². The summed E-state index contributed by atoms with van der Waals surface area (Å²) in [5, 5.41) is 19.5. The van der Waals surface area contributed by atoms with Crippen LogP contribution in [0.3, 0.4) is 0 Å². The van der Waals surface area contributed by atoms with Crippen molar-refractivity contribution in [2.75, 3.05) is 13.2 Å². The molecule has 290 valence electrons. The van der Waals surface area contributed by atoms with E-state index in [2.05, 4.69) is 26.0 Å². The molecule has 0 rings (SSSR count). The van der Waals surface area contributed by atoms with Gasteiger partial charge in [-0.1, -0.05) is 184 Å². The topological polar surface area (TPSA) is 93.1 Å². The number of allylic oxidation sites excluding steroid dienone is 6. The van der Waals surface area contributed by atoms with Gasteiger partial charge in [0, 0.05) is 12.8 Å². The van der Waals surface area contributed by atoms with Gasteiger partial charge < -0.3 is 19.7 Å². The van der Waals surface area contributed by atoms with Crippen LogP contribution in [0, 0.1) is 0 Å². The molecule has 0 aromatic carbocycles. The Bertz CT molecular complexity index is 861. The number of hydrogen-bond donors (Lipinski definition) is 2. The maximum absolute atomic E-state index is 12.2. The Hall–Kier alpha value is -2.18. The Morgan fingerprint density at radius 2 is 1.06 bits per heavy atom. The zero-order valence-corrected chi connectivity index (χ0v) is 32.5. The van der Waals surface area contributed by atoms with E-state index in [0.29, 0.717) is 19.3 Å². The summed E-state index contributed by atoms with van der Waals surface area (Å²) >= 11 is 0. The van der Waals surface area contributed by atoms with Crippen LogP contribution in [0.15, 0.2) is 48.6 Å². The molecule has 0 aromatic rings. The lowest BCUT2D eigenvalue weighted by molar-refractivity contribution is -0.161. The molecule has 0 saturated heterocycles. The van der Waals surface area contributed by atoms with Crippen molar-refractivity contribution in [3.8, 4) is 0 Å². The van der Waals surface area contributed by atoms with E-state index in [9.17, 15) is 19.8 Å². The third-order valence-electron chi connectivity index (χ3n) is 8.96. The molecule has 0 aromatic heterocycles. The first-order chi connectivity index (χ1) is 24.5. The van der Waals surface area contributed by atoms with E-state index in [4.69, 9.17) is 9.47 Å². The van der Waals surface area contributed by atoms with Gasteiger partial charge in [0.2, 0.25) is 0 Å². The number of ether oxygens (including phenoxy) is 2. The predicted octanol–water partition coefficient (Wildman–Crippen LogP) is 12.0. The molecule has 50 heavy (non-hydrogen) atoms. The maximum Gasteiger partial charge on any atom is 0.306 e. The Morgan fingerprint density at radius 1 is 0.560 bits per heavy atom. The summed E-state index contributed by atoms with van der Waals surface area (Å²) in [5.41, 5.74) is 0. The van der Waals surface area contributed by atoms with Crippen molar-refractivity contribution in [1.29, 1.82) is 0 Å². The van der Waals surface area contributed by atoms with Gasteiger partial charge in [0.1, 0.15) is 6.61 Å². The predicted molar refractivity (Wildman–Crippen MR) is 211 cm³/mol. The second-order valence-corrected chi connectivity index (χ2v) is 13.9. The molecule has 2 atom stereocenters. The summed E-state index contributed by atoms with van der Waals surface area (Å²) < 4.78 is 10.6. The summed E-state index contributed by atoms with van der Waals surface area (Å²) in [7, 11) is 0. The average molecular weight is 703 g/mol. The Labute approximate surface area is 308 Å². The van der Waals surface area contributed by atoms with Gasteiger partial charge in [-0.25, -0.2) is 0 Å². The zero-order valence-electron chi connectivity index (χ0n) is 32.5. The lowest BCUT2D eigenvalue weighted by Gasteiger charge is -2.15. The summed E-state index contributed by atoms with van der Waals surface area (Å²) in [6, 6.07) is 0. The molecule has 0 unspecified atom stereocenters. The monoisotopic (exact) mass is 703 g/mol. The molecule has 0 radical (unpaired) electrons. The van der Waals surface area contributed by atoms with Crippen molar-refractivity contribution in [2.24, 2.45) is 0 Å². The number of carbonyl (C=O) groups is 2. The molecule has 0 spiro atoms. The van der Waals surface area contributed by atoms with Gasteiger partial charge in [-0.05, 0) is 44.9 Å². The number of unbranched alkanes of at least 4 members (excludes halogenated alkanes) is 21. The molecule has 0 amide bonds. The maximum atomic E-state index is 12.2. The molecular weight excluding hydrogens is 624 g/mol. The fraction of sp³-hybridized carbons (Fsp3) is 0.773. The molecule has 2 N–H and O–H groups in total. The van der Waals surface area contributed by atoms with Gasteiger partial charge in [-0.2, -0.15) is 0 Å². The third-order valence-corrected chi connectivity index (χ3v) is 8.96. The quantitative estimate of drug-likeness (QED) is 0.0290. The fourth-order valence-corrected chi connectivity index (χ4v) is 5.75. The van der Waals surface area contributed by atoms with Crippen molar-refractivity contribution in [3.63, 3.8) is 0 Å². The van der Waals surface area contributed by atoms with Crippen molar-refractivity contribution in [3.05, 3.63) is 48.6 Å². The molecule has 0 heterocycles. The lowest BCUT2D eigenvalue weighted by Crippen LogP contribution is -2.28. The summed E-state index contributed by atoms with van der Waals surface area (Å²) in [4.78, 5) is 24.3. The van der Waals surface area contributed by atoms with Crippen LogP contribution < -0.4 is 0 Å². The molecular formula is C44H78O6. The van der Waals surface area contributed by atoms with Crippen LogP contribution in [0.5, 0.6) is 0 Å². The summed E-state index contributed by atoms with van der Waals surface area (Å²) in [6.07, 6.45) is 46.3. The number of esters is 2. The van der Waals surface area contributed by atoms with Gasteiger partial charge in [-0.15, -0.1) is 0 Å². The first kappa shape index (κ1) is 47.8. The number of carbonyl (C=O) groups excluding carboxylic acids is 2. The molecule has 6 heteroatoms. The van der Waals surface area contributed by atoms with Crippen LogP contribution in [0.4, 0.5) is 0 Å². The van der Waals surface area contributed by atoms with Crippen molar-refractivity contribution in [1.82, 2.24) is 0 Å². The largest absolute Gasteiger partial charge is 0.462 e. The molecule has 0 saturated carbocycles. The van der Waals surface area contributed by atoms with Crippen molar-refractivity contribution >= 4 is 11.9 Å². The second-order valence-electron chi connectivity index (χ2n) is 13.9. The second kappa shape index (κ2) is 39.6. The Kier molecular flexibility index (Phi) is 37.9. The Morgan fingerprint density at radius 3 is 1.64 bits per heavy atom. The highest BCUT2D eigenvalue weighted by molar-refractivity contribution is 5.70. The van der Waals surface area contributed by atoms with Crippen molar-refractivity contribution < 1.29 is 29.3 Å². The van der Waals surface area contributed by atoms with Crippen LogP contribution in [-0.2, 0) is 19.1 Å². The van der Waals surface area contributed by atoms with E-state index in [0.717, 1.165) is 38.5 Å². The minimum Gasteiger partial charge on any atom is -0.462 e. The standard InChI is InChI=1S/C44H78O6/c1-3-5-7-9-11-12-13-14-15-16-17-18-19-20-21-26-30-34-38-44(48)50-42(39-45)40-49-43(47)37-33-29-25-23-22-24-28-32-36-41(46)35-31-27-10-8-6-4-2/h23-25,27-28,31-32,36,41-42,45-46H,3-22,26,29-30,33-35,37-40H2,1-2H3/b25-23-,28-24-,31-27-,36-32+/t41-,42+/m1/s1. The highest BCUT2D eigenvalue weighted by atomic mass is 16.6. The Balaban J connectivity index is 3.68. The van der Waals surface area contributed by atoms with Crippen LogP contribution in [0.2, 0.25) is 0 Å². The van der Waals surface area contributed by atoms with Crippen LogP contribution in [-0.4, -0.2) is 47.6 Å². The average Bonchev–Trinajstić information content (AvgIpc) is 3.11. The summed E-state index contributed by atoms with van der Waals surface area (Å²) in [6.45, 7) is 4.00. The minimum absolute atomic E-state index is 0.113. The first-order valence-electron chi connectivity index (χ1n) is 20.8. The van der Waals surface area contributed by atoms with E-state index >= 15 is 0 Å². The molecule has 0 fully saturated rings. The van der Waals surface area contributed by atoms with Crippen LogP contribution >= 0.6 is 0 Å². The molecule has 0 aliphatic carbocycles. The first-order valence-corrected chi connectivity index (χ1v) is 20.8. The fourth-order valence-electron chi connectivity index (χ4n) is 5.75. The normalized spacial score (nSPS) is 13.3. The van der Waals surface area contributed by atoms with Crippen molar-refractivity contribution in [2.45, 2.75) is 206 Å². The van der Waals surface area contributed by atoms with E-state index in [1.807, 2.05) is 30.4 Å². The van der Waals surface area contributed by atoms with Gasteiger partial charge in [0.05, 0.1) is 12.7 Å². The molecule has 0 aliphatic rings. The highest BCUT2D eigenvalue weighted by Gasteiger charge is 2.16. The highest BCUT2D eigenvalue weighted by Crippen LogP contribution is 2.15. The van der Waals surface area contributed by atoms with E-state index in [1.165, 1.54) is 116 Å². The minimum atomic E-state index is -0.809. The van der Waals surface area contributed by atoms with Gasteiger partial charge in [0.15, 0.2) is 6.10 Å². The van der Waals surface area contributed by atoms with Gasteiger partial charge >= 0.3 is 11.9 Å². The van der Waals surface area contributed by atoms with Gasteiger partial charge in [-0.3, -0.25) is 9.59 Å². The van der Waals surface area contributed by atoms with Crippen LogP contribution in [0.1, 0.15) is 194 Å². The van der Waals surface area contributed by atoms with E-state index in [-0.39, 0.29) is 31.6 Å². The number of aliphatic hydroxyl groups excluding tert-OH is 2. The van der Waals surface area contributed by atoms with Gasteiger partial charge in [0.25, 0.3) is 0 Å². The molecule has 0 aliphatic heterocycles. The molecule has 0 bridgehead atoms. The summed E-state index contributed by atoms with van der Waals surface area (Å²) in [5.74, 6) is -0.691. The number of rotatable bonds is 37. The number of aliphatic hydroxyl groups is 2. The van der Waals surface area contributed by atoms with E-state index in [1.54, 1.807) is 6.08 Å². The lowest BCUT2D eigenvalue weighted by atomic mass is 10.0. The SMILES string of the molecule is CCCCC/C=C\C[C@@H](O)/C=C/C=C\C/C=C\CCCC(=O)OC[C@H](CO)OC(=O)CCCCCCCCCCCCCCCCCCCC. The third kappa shape index (κ3) is 37.1. The smallest absolute Gasteiger partial charge is 0.306 e. The molecule has 6 nitrogen and oxygen atoms in total. The van der Waals surface area contributed by atoms with Crippen LogP contribution in [0.25, 0.3) is 0 Å². The number of hydrogen-bond acceptors (Lipinski definition) is 6.